The van der Waals surface area contributed by atoms with Crippen LogP contribution >= 0.6 is 0 Å². The second-order valence-electron chi connectivity index (χ2n) is 6.52. The van der Waals surface area contributed by atoms with Crippen molar-refractivity contribution >= 4 is 15.7 Å². The van der Waals surface area contributed by atoms with E-state index in [1.807, 2.05) is 18.2 Å². The van der Waals surface area contributed by atoms with Gasteiger partial charge in [-0.05, 0) is 29.8 Å². The molecule has 0 fully saturated rings. The van der Waals surface area contributed by atoms with Gasteiger partial charge in [-0.25, -0.2) is 12.8 Å². The number of rotatable bonds is 1. The summed E-state index contributed by atoms with van der Waals surface area (Å²) in [5.74, 6) is -0.0841. The molecule has 2 aromatic carbocycles. The summed E-state index contributed by atoms with van der Waals surface area (Å²) < 4.78 is 59.4. The van der Waals surface area contributed by atoms with E-state index >= 15 is 0 Å². The van der Waals surface area contributed by atoms with Gasteiger partial charge in [-0.2, -0.15) is 0 Å². The second kappa shape index (κ2) is 8.29. The molecule has 1 aliphatic rings. The Hall–Kier alpha value is -3.17. The summed E-state index contributed by atoms with van der Waals surface area (Å²) in [4.78, 5) is 4.00. The van der Waals surface area contributed by atoms with Gasteiger partial charge < -0.3 is 14.2 Å². The van der Waals surface area contributed by atoms with E-state index in [1.165, 1.54) is 31.5 Å². The van der Waals surface area contributed by atoms with Crippen LogP contribution in [0.25, 0.3) is 11.1 Å². The SMILES string of the molecule is COc1cnc2cc1S(=O)(=O)Nc1cc(ccc1F)-c1ccccc1OCCOC2. The number of aromatic nitrogens is 1. The van der Waals surface area contributed by atoms with Crippen LogP contribution in [0, 0.1) is 5.82 Å². The van der Waals surface area contributed by atoms with E-state index in [9.17, 15) is 12.8 Å². The highest BCUT2D eigenvalue weighted by Crippen LogP contribution is 2.34. The molecule has 9 heteroatoms. The molecule has 4 rings (SSSR count). The van der Waals surface area contributed by atoms with Crippen LogP contribution in [0.2, 0.25) is 0 Å². The van der Waals surface area contributed by atoms with Gasteiger partial charge >= 0.3 is 0 Å². The highest BCUT2D eigenvalue weighted by molar-refractivity contribution is 7.92. The number of nitrogens with zero attached hydrogens (tertiary/aromatic N) is 1. The average molecular weight is 430 g/mol. The van der Waals surface area contributed by atoms with Gasteiger partial charge in [0, 0.05) is 5.56 Å². The van der Waals surface area contributed by atoms with E-state index in [0.717, 1.165) is 0 Å². The Morgan fingerprint density at radius 3 is 2.80 bits per heavy atom. The molecule has 0 aliphatic carbocycles. The summed E-state index contributed by atoms with van der Waals surface area (Å²) in [6.07, 6.45) is 1.30. The van der Waals surface area contributed by atoms with E-state index < -0.39 is 15.8 Å². The number of fused-ring (bicyclic) bond motifs is 6. The van der Waals surface area contributed by atoms with Crippen molar-refractivity contribution in [1.29, 1.82) is 0 Å². The maximum absolute atomic E-state index is 14.5. The fraction of sp³-hybridized carbons (Fsp3) is 0.190. The topological polar surface area (TPSA) is 86.8 Å². The number of halogens is 1. The lowest BCUT2D eigenvalue weighted by atomic mass is 10.0. The Labute approximate surface area is 173 Å². The van der Waals surface area contributed by atoms with E-state index in [2.05, 4.69) is 9.71 Å². The van der Waals surface area contributed by atoms with Crippen LogP contribution in [0.5, 0.6) is 11.5 Å². The zero-order valence-electron chi connectivity index (χ0n) is 16.1. The Morgan fingerprint density at radius 2 is 1.97 bits per heavy atom. The van der Waals surface area contributed by atoms with Gasteiger partial charge in [-0.1, -0.05) is 24.3 Å². The van der Waals surface area contributed by atoms with Crippen LogP contribution in [0.3, 0.4) is 0 Å². The van der Waals surface area contributed by atoms with E-state index in [1.54, 1.807) is 12.1 Å². The fourth-order valence-corrected chi connectivity index (χ4v) is 4.34. The van der Waals surface area contributed by atoms with Gasteiger partial charge in [0.2, 0.25) is 0 Å². The van der Waals surface area contributed by atoms with Crippen molar-refractivity contribution in [3.05, 3.63) is 66.2 Å². The molecule has 30 heavy (non-hydrogen) atoms. The van der Waals surface area contributed by atoms with Crippen LogP contribution in [0.15, 0.2) is 59.6 Å². The molecule has 2 heterocycles. The van der Waals surface area contributed by atoms with Crippen molar-refractivity contribution in [2.75, 3.05) is 25.0 Å². The molecule has 0 amide bonds. The predicted octanol–water partition coefficient (Wildman–Crippen LogP) is 3.61. The standard InChI is InChI=1S/C21H19FN2O5S/c1-27-20-12-23-15-11-21(20)30(25,26)24-18-10-14(6-7-17(18)22)16-4-2-3-5-19(16)29-9-8-28-13-15/h2-7,10-12,24H,8-9,13H2,1H3. The van der Waals surface area contributed by atoms with E-state index in [-0.39, 0.29) is 36.2 Å². The number of hydrogen-bond acceptors (Lipinski definition) is 6. The van der Waals surface area contributed by atoms with Crippen molar-refractivity contribution in [1.82, 2.24) is 4.98 Å². The largest absolute Gasteiger partial charge is 0.494 e. The first kappa shape index (κ1) is 20.1. The predicted molar refractivity (Wildman–Crippen MR) is 109 cm³/mol. The fourth-order valence-electron chi connectivity index (χ4n) is 3.10. The van der Waals surface area contributed by atoms with Crippen molar-refractivity contribution in [2.24, 2.45) is 0 Å². The number of ether oxygens (including phenoxy) is 3. The van der Waals surface area contributed by atoms with Gasteiger partial charge in [-0.3, -0.25) is 9.71 Å². The number of anilines is 1. The highest BCUT2D eigenvalue weighted by Gasteiger charge is 2.23. The van der Waals surface area contributed by atoms with Crippen LogP contribution < -0.4 is 14.2 Å². The van der Waals surface area contributed by atoms with Crippen molar-refractivity contribution in [3.63, 3.8) is 0 Å². The lowest BCUT2D eigenvalue weighted by Crippen LogP contribution is -2.16. The molecular weight excluding hydrogens is 411 g/mol. The number of hydrogen-bond donors (Lipinski definition) is 1. The average Bonchev–Trinajstić information content (AvgIpc) is 2.75. The lowest BCUT2D eigenvalue weighted by molar-refractivity contribution is 0.0869. The molecule has 0 saturated heterocycles. The molecule has 0 atom stereocenters. The number of pyridine rings is 1. The molecule has 0 unspecified atom stereocenters. The number of methoxy groups -OCH3 is 1. The number of sulfonamides is 1. The van der Waals surface area contributed by atoms with Gasteiger partial charge in [-0.15, -0.1) is 0 Å². The zero-order chi connectivity index (χ0) is 21.1. The Balaban J connectivity index is 1.85. The summed E-state index contributed by atoms with van der Waals surface area (Å²) in [6.45, 7) is 0.640. The first-order chi connectivity index (χ1) is 14.5. The third kappa shape index (κ3) is 4.07. The summed E-state index contributed by atoms with van der Waals surface area (Å²) >= 11 is 0. The number of nitrogens with one attached hydrogen (secondary N) is 1. The van der Waals surface area contributed by atoms with Crippen molar-refractivity contribution in [2.45, 2.75) is 11.5 Å². The second-order valence-corrected chi connectivity index (χ2v) is 8.17. The van der Waals surface area contributed by atoms with Crippen LogP contribution in [-0.4, -0.2) is 33.7 Å². The van der Waals surface area contributed by atoms with Gasteiger partial charge in [0.15, 0.2) is 5.75 Å². The summed E-state index contributed by atoms with van der Waals surface area (Å²) in [5.41, 5.74) is 1.50. The van der Waals surface area contributed by atoms with E-state index in [4.69, 9.17) is 14.2 Å². The molecule has 0 spiro atoms. The molecule has 7 nitrogen and oxygen atoms in total. The molecule has 1 aliphatic heterocycles. The Kier molecular flexibility index (Phi) is 5.56. The molecule has 1 aromatic heterocycles. The van der Waals surface area contributed by atoms with Gasteiger partial charge in [0.25, 0.3) is 10.0 Å². The van der Waals surface area contributed by atoms with Crippen LogP contribution in [-0.2, 0) is 21.4 Å². The zero-order valence-corrected chi connectivity index (χ0v) is 16.9. The van der Waals surface area contributed by atoms with Crippen molar-refractivity contribution in [3.8, 4) is 22.6 Å². The maximum atomic E-state index is 14.5. The minimum Gasteiger partial charge on any atom is -0.494 e. The normalized spacial score (nSPS) is 15.5. The minimum absolute atomic E-state index is 0.0424. The molecule has 156 valence electrons. The smallest absolute Gasteiger partial charge is 0.265 e. The first-order valence-electron chi connectivity index (χ1n) is 9.13. The molecular formula is C21H19FN2O5S. The minimum atomic E-state index is -4.16. The quantitative estimate of drug-likeness (QED) is 0.635. The lowest BCUT2D eigenvalue weighted by Gasteiger charge is -2.14. The molecule has 0 radical (unpaired) electrons. The molecule has 3 aromatic rings. The Morgan fingerprint density at radius 1 is 1.13 bits per heavy atom. The third-order valence-corrected chi connectivity index (χ3v) is 5.93. The molecule has 4 bridgehead atoms. The highest BCUT2D eigenvalue weighted by atomic mass is 32.2. The molecule has 1 N–H and O–H groups in total. The maximum Gasteiger partial charge on any atom is 0.265 e. The molecule has 0 saturated carbocycles. The monoisotopic (exact) mass is 430 g/mol. The summed E-state index contributed by atoms with van der Waals surface area (Å²) in [6, 6.07) is 12.8. The van der Waals surface area contributed by atoms with E-state index in [0.29, 0.717) is 22.6 Å². The van der Waals surface area contributed by atoms with Crippen LogP contribution in [0.1, 0.15) is 5.69 Å². The summed E-state index contributed by atoms with van der Waals surface area (Å²) in [7, 11) is -2.82. The Bertz CT molecular complexity index is 1180. The van der Waals surface area contributed by atoms with Gasteiger partial charge in [0.05, 0.1) is 37.9 Å². The van der Waals surface area contributed by atoms with Crippen molar-refractivity contribution < 1.29 is 27.0 Å². The number of benzene rings is 2. The third-order valence-electron chi connectivity index (χ3n) is 4.54. The van der Waals surface area contributed by atoms with Gasteiger partial charge in [0.1, 0.15) is 23.1 Å². The number of para-hydroxylation sites is 1. The summed E-state index contributed by atoms with van der Waals surface area (Å²) in [5, 5.41) is 0. The first-order valence-corrected chi connectivity index (χ1v) is 10.6. The van der Waals surface area contributed by atoms with Crippen LogP contribution in [0.4, 0.5) is 10.1 Å².